The lowest BCUT2D eigenvalue weighted by Crippen LogP contribution is -2.45. The number of hydrogen-bond donors (Lipinski definition) is 0. The molecular formula is C19H16FN3O. The SMILES string of the molecule is N#CC1CN(C(=O)c2ccccc2)N2CCc3cc(F)ccc3C12. The van der Waals surface area contributed by atoms with Crippen LogP contribution in [0.4, 0.5) is 4.39 Å². The molecule has 0 saturated carbocycles. The summed E-state index contributed by atoms with van der Waals surface area (Å²) >= 11 is 0. The van der Waals surface area contributed by atoms with Crippen molar-refractivity contribution in [3.05, 3.63) is 71.0 Å². The topological polar surface area (TPSA) is 47.3 Å². The van der Waals surface area contributed by atoms with Crippen LogP contribution in [0.5, 0.6) is 0 Å². The second-order valence-corrected chi connectivity index (χ2v) is 6.19. The first-order chi connectivity index (χ1) is 11.7. The first kappa shape index (κ1) is 14.9. The van der Waals surface area contributed by atoms with Gasteiger partial charge in [-0.3, -0.25) is 9.80 Å². The van der Waals surface area contributed by atoms with Crippen LogP contribution in [0.1, 0.15) is 27.5 Å². The summed E-state index contributed by atoms with van der Waals surface area (Å²) in [5, 5.41) is 13.2. The van der Waals surface area contributed by atoms with E-state index in [9.17, 15) is 14.4 Å². The molecule has 2 aliphatic heterocycles. The predicted octanol–water partition coefficient (Wildman–Crippen LogP) is 2.94. The molecule has 1 saturated heterocycles. The Balaban J connectivity index is 1.71. The van der Waals surface area contributed by atoms with Crippen LogP contribution in [0.25, 0.3) is 0 Å². The van der Waals surface area contributed by atoms with Crippen molar-refractivity contribution < 1.29 is 9.18 Å². The number of amides is 1. The van der Waals surface area contributed by atoms with Crippen molar-refractivity contribution in [2.24, 2.45) is 5.92 Å². The van der Waals surface area contributed by atoms with Gasteiger partial charge in [0.25, 0.3) is 5.91 Å². The van der Waals surface area contributed by atoms with E-state index in [1.165, 1.54) is 6.07 Å². The van der Waals surface area contributed by atoms with E-state index in [0.29, 0.717) is 25.1 Å². The van der Waals surface area contributed by atoms with Crippen molar-refractivity contribution in [3.8, 4) is 6.07 Å². The highest BCUT2D eigenvalue weighted by Gasteiger charge is 2.45. The number of benzene rings is 2. The van der Waals surface area contributed by atoms with Gasteiger partial charge < -0.3 is 0 Å². The van der Waals surface area contributed by atoms with Gasteiger partial charge in [0.15, 0.2) is 0 Å². The quantitative estimate of drug-likeness (QED) is 0.811. The van der Waals surface area contributed by atoms with Gasteiger partial charge in [-0.1, -0.05) is 24.3 Å². The number of nitriles is 1. The fraction of sp³-hybridized carbons (Fsp3) is 0.263. The van der Waals surface area contributed by atoms with Crippen molar-refractivity contribution in [1.82, 2.24) is 10.0 Å². The summed E-state index contributed by atoms with van der Waals surface area (Å²) < 4.78 is 13.5. The van der Waals surface area contributed by atoms with Crippen molar-refractivity contribution in [2.75, 3.05) is 13.1 Å². The smallest absolute Gasteiger partial charge is 0.268 e. The molecule has 2 aliphatic rings. The van der Waals surface area contributed by atoms with Crippen LogP contribution in [0, 0.1) is 23.1 Å². The highest BCUT2D eigenvalue weighted by Crippen LogP contribution is 2.42. The Kier molecular flexibility index (Phi) is 3.55. The Labute approximate surface area is 139 Å². The minimum Gasteiger partial charge on any atom is -0.269 e. The Morgan fingerprint density at radius 2 is 2.00 bits per heavy atom. The number of carbonyl (C=O) groups is 1. The largest absolute Gasteiger partial charge is 0.269 e. The van der Waals surface area contributed by atoms with E-state index in [1.54, 1.807) is 29.3 Å². The summed E-state index contributed by atoms with van der Waals surface area (Å²) in [6.07, 6.45) is 0.667. The highest BCUT2D eigenvalue weighted by atomic mass is 19.1. The van der Waals surface area contributed by atoms with E-state index in [1.807, 2.05) is 23.2 Å². The normalized spacial score (nSPS) is 22.6. The van der Waals surface area contributed by atoms with Crippen LogP contribution >= 0.6 is 0 Å². The van der Waals surface area contributed by atoms with Gasteiger partial charge in [0.05, 0.1) is 24.6 Å². The molecular weight excluding hydrogens is 305 g/mol. The lowest BCUT2D eigenvalue weighted by atomic mass is 9.88. The van der Waals surface area contributed by atoms with E-state index in [2.05, 4.69) is 6.07 Å². The van der Waals surface area contributed by atoms with Gasteiger partial charge in [-0.15, -0.1) is 0 Å². The summed E-state index contributed by atoms with van der Waals surface area (Å²) in [6, 6.07) is 16.0. The second kappa shape index (κ2) is 5.73. The zero-order valence-electron chi connectivity index (χ0n) is 13.0. The third-order valence-corrected chi connectivity index (χ3v) is 4.84. The van der Waals surface area contributed by atoms with Crippen LogP contribution in [0.2, 0.25) is 0 Å². The molecule has 0 aromatic heterocycles. The summed E-state index contributed by atoms with van der Waals surface area (Å²) in [6.45, 7) is 0.976. The average molecular weight is 321 g/mol. The van der Waals surface area contributed by atoms with E-state index in [4.69, 9.17) is 0 Å². The van der Waals surface area contributed by atoms with Crippen molar-refractivity contribution in [1.29, 1.82) is 5.26 Å². The molecule has 0 spiro atoms. The highest BCUT2D eigenvalue weighted by molar-refractivity contribution is 5.94. The maximum absolute atomic E-state index is 13.5. The molecule has 2 heterocycles. The van der Waals surface area contributed by atoms with Gasteiger partial charge in [-0.05, 0) is 41.8 Å². The lowest BCUT2D eigenvalue weighted by Gasteiger charge is -2.36. The fourth-order valence-electron chi connectivity index (χ4n) is 3.74. The molecule has 0 N–H and O–H groups in total. The summed E-state index contributed by atoms with van der Waals surface area (Å²) in [4.78, 5) is 12.8. The van der Waals surface area contributed by atoms with E-state index in [0.717, 1.165) is 11.1 Å². The molecule has 0 aliphatic carbocycles. The number of carbonyl (C=O) groups excluding carboxylic acids is 1. The van der Waals surface area contributed by atoms with Gasteiger partial charge in [0.1, 0.15) is 5.82 Å². The van der Waals surface area contributed by atoms with Crippen LogP contribution < -0.4 is 0 Å². The summed E-state index contributed by atoms with van der Waals surface area (Å²) in [5.74, 6) is -0.669. The van der Waals surface area contributed by atoms with Crippen LogP contribution in [0.3, 0.4) is 0 Å². The van der Waals surface area contributed by atoms with Crippen LogP contribution in [-0.2, 0) is 6.42 Å². The number of fused-ring (bicyclic) bond motifs is 3. The summed E-state index contributed by atoms with van der Waals surface area (Å²) in [7, 11) is 0. The Morgan fingerprint density at radius 3 is 2.75 bits per heavy atom. The third-order valence-electron chi connectivity index (χ3n) is 4.84. The monoisotopic (exact) mass is 321 g/mol. The molecule has 2 aromatic rings. The molecule has 120 valence electrons. The third kappa shape index (κ3) is 2.27. The molecule has 1 amide bonds. The maximum Gasteiger partial charge on any atom is 0.268 e. The molecule has 1 fully saturated rings. The number of nitrogens with zero attached hydrogens (tertiary/aromatic N) is 3. The number of hydrogen-bond acceptors (Lipinski definition) is 3. The minimum absolute atomic E-state index is 0.0936. The fourth-order valence-corrected chi connectivity index (χ4v) is 3.74. The molecule has 2 aromatic carbocycles. The first-order valence-electron chi connectivity index (χ1n) is 8.00. The van der Waals surface area contributed by atoms with Gasteiger partial charge in [-0.25, -0.2) is 9.40 Å². The number of hydrazine groups is 1. The van der Waals surface area contributed by atoms with Gasteiger partial charge in [0, 0.05) is 12.1 Å². The van der Waals surface area contributed by atoms with Gasteiger partial charge in [0.2, 0.25) is 0 Å². The molecule has 4 rings (SSSR count). The predicted molar refractivity (Wildman–Crippen MR) is 86.1 cm³/mol. The van der Waals surface area contributed by atoms with Crippen LogP contribution in [-0.4, -0.2) is 29.0 Å². The molecule has 24 heavy (non-hydrogen) atoms. The number of rotatable bonds is 1. The molecule has 0 bridgehead atoms. The van der Waals surface area contributed by atoms with Crippen molar-refractivity contribution in [2.45, 2.75) is 12.5 Å². The Hall–Kier alpha value is -2.71. The van der Waals surface area contributed by atoms with E-state index >= 15 is 0 Å². The Morgan fingerprint density at radius 1 is 1.21 bits per heavy atom. The number of halogens is 1. The maximum atomic E-state index is 13.5. The summed E-state index contributed by atoms with van der Waals surface area (Å²) in [5.41, 5.74) is 2.50. The first-order valence-corrected chi connectivity index (χ1v) is 8.00. The standard InChI is InChI=1S/C19H16FN3O/c20-16-6-7-17-14(10-16)8-9-22-18(17)15(11-21)12-23(22)19(24)13-4-2-1-3-5-13/h1-7,10,15,18H,8-9,12H2. The minimum atomic E-state index is -0.317. The average Bonchev–Trinajstić information content (AvgIpc) is 3.00. The van der Waals surface area contributed by atoms with Gasteiger partial charge in [-0.2, -0.15) is 5.26 Å². The zero-order chi connectivity index (χ0) is 16.7. The lowest BCUT2D eigenvalue weighted by molar-refractivity contribution is -0.000515. The van der Waals surface area contributed by atoms with E-state index < -0.39 is 0 Å². The van der Waals surface area contributed by atoms with Crippen LogP contribution in [0.15, 0.2) is 48.5 Å². The molecule has 5 heteroatoms. The van der Waals surface area contributed by atoms with Gasteiger partial charge >= 0.3 is 0 Å². The Bertz CT molecular complexity index is 830. The van der Waals surface area contributed by atoms with E-state index in [-0.39, 0.29) is 23.7 Å². The van der Waals surface area contributed by atoms with Crippen molar-refractivity contribution in [3.63, 3.8) is 0 Å². The molecule has 2 unspecified atom stereocenters. The van der Waals surface area contributed by atoms with Crippen molar-refractivity contribution >= 4 is 5.91 Å². The molecule has 4 nitrogen and oxygen atoms in total. The molecule has 0 radical (unpaired) electrons. The zero-order valence-corrected chi connectivity index (χ0v) is 13.0. The second-order valence-electron chi connectivity index (χ2n) is 6.19. The molecule has 2 atom stereocenters.